The molecule has 4 rings (SSSR count). The fourth-order valence-corrected chi connectivity index (χ4v) is 5.06. The topological polar surface area (TPSA) is 87.3 Å². The molecule has 0 aromatic heterocycles. The Hall–Kier alpha value is -4.04. The molecule has 3 amide bonds. The lowest BCUT2D eigenvalue weighted by molar-refractivity contribution is -0.115. The molecule has 0 aliphatic heterocycles. The van der Waals surface area contributed by atoms with Crippen molar-refractivity contribution in [3.05, 3.63) is 129 Å². The number of anilines is 2. The lowest BCUT2D eigenvalue weighted by atomic mass is 10.1. The first-order chi connectivity index (χ1) is 19.7. The zero-order chi connectivity index (χ0) is 29.4. The van der Waals surface area contributed by atoms with E-state index in [2.05, 4.69) is 16.0 Å². The zero-order valence-corrected chi connectivity index (χ0v) is 24.6. The van der Waals surface area contributed by atoms with Crippen LogP contribution in [-0.2, 0) is 9.59 Å². The van der Waals surface area contributed by atoms with Crippen molar-refractivity contribution in [3.63, 3.8) is 0 Å². The molecule has 0 saturated heterocycles. The van der Waals surface area contributed by atoms with Gasteiger partial charge in [-0.2, -0.15) is 0 Å². The van der Waals surface area contributed by atoms with Gasteiger partial charge >= 0.3 is 0 Å². The van der Waals surface area contributed by atoms with Crippen molar-refractivity contribution < 1.29 is 14.4 Å². The number of benzene rings is 4. The highest BCUT2D eigenvalue weighted by Gasteiger charge is 2.18. The van der Waals surface area contributed by atoms with Crippen molar-refractivity contribution >= 4 is 70.1 Å². The lowest BCUT2D eigenvalue weighted by Crippen LogP contribution is -2.30. The SMILES string of the molecule is Cc1ccc(NC(=O)C(C)Sc2ccc(NC(=O)/C(=C/c3c(Cl)cccc3Cl)NC(=O)c3ccccc3)cc2)cc1. The Morgan fingerprint density at radius 3 is 1.98 bits per heavy atom. The molecule has 0 aliphatic rings. The van der Waals surface area contributed by atoms with E-state index in [4.69, 9.17) is 23.2 Å². The number of nitrogens with one attached hydrogen (secondary N) is 3. The number of thioether (sulfide) groups is 1. The van der Waals surface area contributed by atoms with E-state index in [1.54, 1.807) is 60.7 Å². The van der Waals surface area contributed by atoms with Crippen LogP contribution in [0.25, 0.3) is 6.08 Å². The van der Waals surface area contributed by atoms with E-state index in [0.29, 0.717) is 26.9 Å². The van der Waals surface area contributed by atoms with E-state index < -0.39 is 11.8 Å². The molecule has 0 radical (unpaired) electrons. The van der Waals surface area contributed by atoms with Crippen LogP contribution in [0, 0.1) is 6.92 Å². The fourth-order valence-electron chi connectivity index (χ4n) is 3.69. The largest absolute Gasteiger partial charge is 0.325 e. The van der Waals surface area contributed by atoms with Crippen molar-refractivity contribution in [1.29, 1.82) is 0 Å². The Kier molecular flexibility index (Phi) is 10.2. The standard InChI is InChI=1S/C32H27Cl2N3O3S/c1-20-11-13-23(14-12-20)35-30(38)21(2)41-25-17-15-24(16-18-25)36-32(40)29(19-26-27(33)9-6-10-28(26)34)37-31(39)22-7-4-3-5-8-22/h3-19,21H,1-2H3,(H,35,38)(H,36,40)(H,37,39)/b29-19-. The van der Waals surface area contributed by atoms with Crippen molar-refractivity contribution in [2.24, 2.45) is 0 Å². The molecule has 0 heterocycles. The Balaban J connectivity index is 1.46. The van der Waals surface area contributed by atoms with Gasteiger partial charge in [0.1, 0.15) is 5.70 Å². The molecule has 0 spiro atoms. The summed E-state index contributed by atoms with van der Waals surface area (Å²) in [4.78, 5) is 39.7. The van der Waals surface area contributed by atoms with Crippen LogP contribution in [-0.4, -0.2) is 23.0 Å². The number of amides is 3. The summed E-state index contributed by atoms with van der Waals surface area (Å²) in [5.41, 5.74) is 3.12. The van der Waals surface area contributed by atoms with Gasteiger partial charge < -0.3 is 16.0 Å². The number of carbonyl (C=O) groups is 3. The van der Waals surface area contributed by atoms with Crippen LogP contribution < -0.4 is 16.0 Å². The molecule has 41 heavy (non-hydrogen) atoms. The van der Waals surface area contributed by atoms with Crippen LogP contribution in [0.3, 0.4) is 0 Å². The molecule has 3 N–H and O–H groups in total. The van der Waals surface area contributed by atoms with Gasteiger partial charge in [0.05, 0.1) is 5.25 Å². The summed E-state index contributed by atoms with van der Waals surface area (Å²) >= 11 is 14.0. The quantitative estimate of drug-likeness (QED) is 0.134. The van der Waals surface area contributed by atoms with Crippen LogP contribution in [0.4, 0.5) is 11.4 Å². The molecule has 1 atom stereocenters. The van der Waals surface area contributed by atoms with Gasteiger partial charge in [-0.15, -0.1) is 11.8 Å². The normalized spacial score (nSPS) is 11.9. The second-order valence-electron chi connectivity index (χ2n) is 9.11. The van der Waals surface area contributed by atoms with Crippen LogP contribution >= 0.6 is 35.0 Å². The molecular weight excluding hydrogens is 577 g/mol. The minimum atomic E-state index is -0.559. The molecule has 208 valence electrons. The Morgan fingerprint density at radius 1 is 0.756 bits per heavy atom. The number of rotatable bonds is 9. The second-order valence-corrected chi connectivity index (χ2v) is 11.3. The van der Waals surface area contributed by atoms with Crippen molar-refractivity contribution in [2.45, 2.75) is 24.0 Å². The third kappa shape index (κ3) is 8.47. The third-order valence-corrected chi connectivity index (χ3v) is 7.70. The molecular formula is C32H27Cl2N3O3S. The fraction of sp³-hybridized carbons (Fsp3) is 0.0938. The molecule has 4 aromatic rings. The first-order valence-electron chi connectivity index (χ1n) is 12.7. The third-order valence-electron chi connectivity index (χ3n) is 5.93. The number of carbonyl (C=O) groups excluding carboxylic acids is 3. The number of hydrogen-bond donors (Lipinski definition) is 3. The van der Waals surface area contributed by atoms with Gasteiger partial charge in [0.2, 0.25) is 5.91 Å². The molecule has 4 aromatic carbocycles. The van der Waals surface area contributed by atoms with Crippen LogP contribution in [0.5, 0.6) is 0 Å². The highest BCUT2D eigenvalue weighted by Crippen LogP contribution is 2.28. The molecule has 0 bridgehead atoms. The van der Waals surface area contributed by atoms with Crippen molar-refractivity contribution in [2.75, 3.05) is 10.6 Å². The smallest absolute Gasteiger partial charge is 0.272 e. The predicted octanol–water partition coefficient (Wildman–Crippen LogP) is 7.83. The van der Waals surface area contributed by atoms with Crippen LogP contribution in [0.15, 0.2) is 108 Å². The maximum Gasteiger partial charge on any atom is 0.272 e. The molecule has 6 nitrogen and oxygen atoms in total. The minimum absolute atomic E-state index is 0.0336. The first kappa shape index (κ1) is 29.9. The lowest BCUT2D eigenvalue weighted by Gasteiger charge is -2.14. The molecule has 9 heteroatoms. The summed E-state index contributed by atoms with van der Waals surface area (Å²) in [6, 6.07) is 28.2. The molecule has 0 saturated carbocycles. The minimum Gasteiger partial charge on any atom is -0.325 e. The van der Waals surface area contributed by atoms with E-state index in [1.165, 1.54) is 17.8 Å². The van der Waals surface area contributed by atoms with Gasteiger partial charge in [-0.3, -0.25) is 14.4 Å². The maximum atomic E-state index is 13.3. The summed E-state index contributed by atoms with van der Waals surface area (Å²) in [5, 5.41) is 8.71. The second kappa shape index (κ2) is 14.0. The van der Waals surface area contributed by atoms with Gasteiger partial charge in [-0.05, 0) is 80.6 Å². The van der Waals surface area contributed by atoms with E-state index in [9.17, 15) is 14.4 Å². The molecule has 1 unspecified atom stereocenters. The number of halogens is 2. The summed E-state index contributed by atoms with van der Waals surface area (Å²) < 4.78 is 0. The zero-order valence-electron chi connectivity index (χ0n) is 22.3. The average molecular weight is 605 g/mol. The van der Waals surface area contributed by atoms with Crippen molar-refractivity contribution in [3.8, 4) is 0 Å². The van der Waals surface area contributed by atoms with Crippen LogP contribution in [0.1, 0.15) is 28.4 Å². The summed E-state index contributed by atoms with van der Waals surface area (Å²) in [6.45, 7) is 3.82. The van der Waals surface area contributed by atoms with Gasteiger partial charge in [0.25, 0.3) is 11.8 Å². The van der Waals surface area contributed by atoms with E-state index in [1.807, 2.05) is 50.2 Å². The van der Waals surface area contributed by atoms with Crippen LogP contribution in [0.2, 0.25) is 10.0 Å². The van der Waals surface area contributed by atoms with Gasteiger partial charge in [0.15, 0.2) is 0 Å². The van der Waals surface area contributed by atoms with E-state index >= 15 is 0 Å². The molecule has 0 fully saturated rings. The highest BCUT2D eigenvalue weighted by molar-refractivity contribution is 8.00. The Morgan fingerprint density at radius 2 is 1.34 bits per heavy atom. The Labute approximate surface area is 253 Å². The van der Waals surface area contributed by atoms with Gasteiger partial charge in [0, 0.05) is 37.4 Å². The average Bonchev–Trinajstić information content (AvgIpc) is 2.97. The summed E-state index contributed by atoms with van der Waals surface area (Å²) in [5.74, 6) is -1.13. The first-order valence-corrected chi connectivity index (χ1v) is 14.3. The van der Waals surface area contributed by atoms with E-state index in [0.717, 1.165) is 16.1 Å². The predicted molar refractivity (Wildman–Crippen MR) is 169 cm³/mol. The van der Waals surface area contributed by atoms with Gasteiger partial charge in [-0.25, -0.2) is 0 Å². The summed E-state index contributed by atoms with van der Waals surface area (Å²) in [6.07, 6.45) is 1.44. The van der Waals surface area contributed by atoms with E-state index in [-0.39, 0.29) is 16.9 Å². The monoisotopic (exact) mass is 603 g/mol. The summed E-state index contributed by atoms with van der Waals surface area (Å²) in [7, 11) is 0. The highest BCUT2D eigenvalue weighted by atomic mass is 35.5. The number of hydrogen-bond acceptors (Lipinski definition) is 4. The van der Waals surface area contributed by atoms with Gasteiger partial charge in [-0.1, -0.05) is 65.2 Å². The van der Waals surface area contributed by atoms with Crippen molar-refractivity contribution in [1.82, 2.24) is 5.32 Å². The molecule has 0 aliphatic carbocycles. The maximum absolute atomic E-state index is 13.3. The number of aryl methyl sites for hydroxylation is 1. The Bertz CT molecular complexity index is 1550.